The summed E-state index contributed by atoms with van der Waals surface area (Å²) < 4.78 is 24.4. The molecule has 0 N–H and O–H groups in total. The zero-order valence-electron chi connectivity index (χ0n) is 13.3. The standard InChI is InChI=1S/C16H21ClN2O3S/c1-11(2)7-18-8-16(20)19(13-5-3-4-12(17)6-13)15-10-23(21,22)9-14(15)18/h3-6,11,14-15H,7-10H2,1-2H3/t14-,15+/m0/s1. The summed E-state index contributed by atoms with van der Waals surface area (Å²) in [5, 5.41) is 0.539. The smallest absolute Gasteiger partial charge is 0.241 e. The molecule has 2 aliphatic heterocycles. The van der Waals surface area contributed by atoms with Crippen LogP contribution in [0.5, 0.6) is 0 Å². The fraction of sp³-hybridized carbons (Fsp3) is 0.562. The molecule has 1 aromatic rings. The van der Waals surface area contributed by atoms with Crippen LogP contribution < -0.4 is 4.90 Å². The van der Waals surface area contributed by atoms with Crippen molar-refractivity contribution in [3.8, 4) is 0 Å². The number of fused-ring (bicyclic) bond motifs is 1. The summed E-state index contributed by atoms with van der Waals surface area (Å²) >= 11 is 6.04. The Labute approximate surface area is 142 Å². The highest BCUT2D eigenvalue weighted by molar-refractivity contribution is 7.91. The van der Waals surface area contributed by atoms with Crippen LogP contribution in [-0.2, 0) is 14.6 Å². The van der Waals surface area contributed by atoms with Crippen LogP contribution in [0.4, 0.5) is 5.69 Å². The minimum Gasteiger partial charge on any atom is -0.306 e. The van der Waals surface area contributed by atoms with Gasteiger partial charge in [-0.3, -0.25) is 9.69 Å². The summed E-state index contributed by atoms with van der Waals surface area (Å²) in [6.07, 6.45) is 0. The number of benzene rings is 1. The maximum Gasteiger partial charge on any atom is 0.241 e. The van der Waals surface area contributed by atoms with Gasteiger partial charge >= 0.3 is 0 Å². The highest BCUT2D eigenvalue weighted by Gasteiger charge is 2.49. The van der Waals surface area contributed by atoms with Crippen molar-refractivity contribution in [2.24, 2.45) is 5.92 Å². The van der Waals surface area contributed by atoms with Crippen LogP contribution in [-0.4, -0.2) is 55.9 Å². The monoisotopic (exact) mass is 356 g/mol. The molecule has 0 aliphatic carbocycles. The molecule has 0 radical (unpaired) electrons. The zero-order valence-corrected chi connectivity index (χ0v) is 14.8. The molecule has 7 heteroatoms. The number of hydrogen-bond donors (Lipinski definition) is 0. The summed E-state index contributed by atoms with van der Waals surface area (Å²) in [4.78, 5) is 16.4. The van der Waals surface area contributed by atoms with Crippen molar-refractivity contribution >= 4 is 33.0 Å². The van der Waals surface area contributed by atoms with Crippen LogP contribution in [0.25, 0.3) is 0 Å². The van der Waals surface area contributed by atoms with Crippen molar-refractivity contribution in [1.29, 1.82) is 0 Å². The Bertz CT molecular complexity index is 720. The van der Waals surface area contributed by atoms with Gasteiger partial charge in [-0.25, -0.2) is 8.42 Å². The minimum absolute atomic E-state index is 0.0184. The predicted molar refractivity (Wildman–Crippen MR) is 91.6 cm³/mol. The molecule has 1 amide bonds. The fourth-order valence-electron chi connectivity index (χ4n) is 3.59. The highest BCUT2D eigenvalue weighted by atomic mass is 35.5. The van der Waals surface area contributed by atoms with E-state index in [9.17, 15) is 13.2 Å². The normalized spacial score (nSPS) is 27.5. The van der Waals surface area contributed by atoms with E-state index in [1.807, 2.05) is 11.0 Å². The van der Waals surface area contributed by atoms with Gasteiger partial charge in [-0.1, -0.05) is 31.5 Å². The van der Waals surface area contributed by atoms with Crippen LogP contribution in [0.15, 0.2) is 24.3 Å². The number of sulfone groups is 1. The number of hydrogen-bond acceptors (Lipinski definition) is 4. The first-order chi connectivity index (χ1) is 10.8. The first-order valence-corrected chi connectivity index (χ1v) is 9.99. The number of amides is 1. The van der Waals surface area contributed by atoms with Crippen molar-refractivity contribution in [2.75, 3.05) is 29.5 Å². The topological polar surface area (TPSA) is 57.7 Å². The van der Waals surface area contributed by atoms with Crippen molar-refractivity contribution in [3.63, 3.8) is 0 Å². The van der Waals surface area contributed by atoms with Crippen LogP contribution >= 0.6 is 11.6 Å². The molecule has 2 heterocycles. The Kier molecular flexibility index (Phi) is 4.42. The van der Waals surface area contributed by atoms with Gasteiger partial charge in [0.2, 0.25) is 5.91 Å². The van der Waals surface area contributed by atoms with Crippen LogP contribution in [0.1, 0.15) is 13.8 Å². The Balaban J connectivity index is 1.98. The van der Waals surface area contributed by atoms with E-state index in [1.54, 1.807) is 23.1 Å². The molecule has 2 fully saturated rings. The van der Waals surface area contributed by atoms with Gasteiger partial charge in [-0.15, -0.1) is 0 Å². The summed E-state index contributed by atoms with van der Waals surface area (Å²) in [6.45, 7) is 5.13. The first kappa shape index (κ1) is 16.7. The van der Waals surface area contributed by atoms with Gasteiger partial charge < -0.3 is 4.90 Å². The highest BCUT2D eigenvalue weighted by Crippen LogP contribution is 2.32. The van der Waals surface area contributed by atoms with Crippen LogP contribution in [0, 0.1) is 5.92 Å². The van der Waals surface area contributed by atoms with E-state index in [-0.39, 0.29) is 36.0 Å². The molecule has 126 valence electrons. The lowest BCUT2D eigenvalue weighted by molar-refractivity contribution is -0.123. The van der Waals surface area contributed by atoms with E-state index in [0.29, 0.717) is 16.6 Å². The van der Waals surface area contributed by atoms with Gasteiger partial charge in [-0.05, 0) is 24.1 Å². The summed E-state index contributed by atoms with van der Waals surface area (Å²) in [6, 6.07) is 6.58. The average molecular weight is 357 g/mol. The summed E-state index contributed by atoms with van der Waals surface area (Å²) in [5.74, 6) is 0.454. The Morgan fingerprint density at radius 1 is 1.26 bits per heavy atom. The first-order valence-electron chi connectivity index (χ1n) is 7.79. The number of anilines is 1. The second-order valence-electron chi connectivity index (χ2n) is 6.78. The molecule has 1 aromatic carbocycles. The molecule has 0 unspecified atom stereocenters. The molecule has 23 heavy (non-hydrogen) atoms. The van der Waals surface area contributed by atoms with Crippen molar-refractivity contribution in [3.05, 3.63) is 29.3 Å². The van der Waals surface area contributed by atoms with Gasteiger partial charge in [0, 0.05) is 23.3 Å². The lowest BCUT2D eigenvalue weighted by Gasteiger charge is -2.44. The number of carbonyl (C=O) groups is 1. The average Bonchev–Trinajstić information content (AvgIpc) is 2.73. The molecule has 0 saturated carbocycles. The zero-order chi connectivity index (χ0) is 16.8. The van der Waals surface area contributed by atoms with Crippen molar-refractivity contribution in [1.82, 2.24) is 4.90 Å². The van der Waals surface area contributed by atoms with E-state index in [1.165, 1.54) is 0 Å². The maximum absolute atomic E-state index is 12.7. The van der Waals surface area contributed by atoms with E-state index < -0.39 is 9.84 Å². The lowest BCUT2D eigenvalue weighted by atomic mass is 10.0. The molecule has 0 aromatic heterocycles. The number of piperazine rings is 1. The number of halogens is 1. The molecule has 0 spiro atoms. The van der Waals surface area contributed by atoms with E-state index in [4.69, 9.17) is 11.6 Å². The summed E-state index contributed by atoms with van der Waals surface area (Å²) in [5.41, 5.74) is 0.679. The maximum atomic E-state index is 12.7. The predicted octanol–water partition coefficient (Wildman–Crippen LogP) is 1.81. The van der Waals surface area contributed by atoms with Gasteiger partial charge in [0.25, 0.3) is 0 Å². The molecule has 0 bridgehead atoms. The molecule has 2 saturated heterocycles. The van der Waals surface area contributed by atoms with Gasteiger partial charge in [-0.2, -0.15) is 0 Å². The molecule has 2 atom stereocenters. The third-order valence-electron chi connectivity index (χ3n) is 4.39. The molecule has 5 nitrogen and oxygen atoms in total. The Morgan fingerprint density at radius 3 is 2.61 bits per heavy atom. The van der Waals surface area contributed by atoms with Crippen LogP contribution in [0.2, 0.25) is 5.02 Å². The third-order valence-corrected chi connectivity index (χ3v) is 6.32. The lowest BCUT2D eigenvalue weighted by Crippen LogP contribution is -2.62. The Hall–Kier alpha value is -1.11. The number of carbonyl (C=O) groups excluding carboxylic acids is 1. The van der Waals surface area contributed by atoms with E-state index in [2.05, 4.69) is 13.8 Å². The third kappa shape index (κ3) is 3.39. The molecular weight excluding hydrogens is 336 g/mol. The SMILES string of the molecule is CC(C)CN1CC(=O)N(c2cccc(Cl)c2)[C@@H]2CS(=O)(=O)C[C@@H]21. The van der Waals surface area contributed by atoms with Gasteiger partial charge in [0.15, 0.2) is 9.84 Å². The van der Waals surface area contributed by atoms with Crippen molar-refractivity contribution < 1.29 is 13.2 Å². The molecule has 2 aliphatic rings. The van der Waals surface area contributed by atoms with Gasteiger partial charge in [0.05, 0.1) is 24.1 Å². The van der Waals surface area contributed by atoms with Crippen molar-refractivity contribution in [2.45, 2.75) is 25.9 Å². The summed E-state index contributed by atoms with van der Waals surface area (Å²) in [7, 11) is -3.14. The van der Waals surface area contributed by atoms with Crippen LogP contribution in [0.3, 0.4) is 0 Å². The quantitative estimate of drug-likeness (QED) is 0.828. The largest absolute Gasteiger partial charge is 0.306 e. The molecular formula is C16H21ClN2O3S. The van der Waals surface area contributed by atoms with E-state index in [0.717, 1.165) is 6.54 Å². The number of rotatable bonds is 3. The minimum atomic E-state index is -3.14. The second-order valence-corrected chi connectivity index (χ2v) is 9.37. The fourth-order valence-corrected chi connectivity index (χ4v) is 5.75. The molecule has 3 rings (SSSR count). The van der Waals surface area contributed by atoms with Gasteiger partial charge in [0.1, 0.15) is 0 Å². The Morgan fingerprint density at radius 2 is 1.96 bits per heavy atom. The number of nitrogens with zero attached hydrogens (tertiary/aromatic N) is 2. The second kappa shape index (κ2) is 6.07. The van der Waals surface area contributed by atoms with E-state index >= 15 is 0 Å².